The van der Waals surface area contributed by atoms with Gasteiger partial charge in [0.15, 0.2) is 11.5 Å². The van der Waals surface area contributed by atoms with E-state index < -0.39 is 5.60 Å². The summed E-state index contributed by atoms with van der Waals surface area (Å²) in [6.45, 7) is 10.6. The molecule has 1 N–H and O–H groups in total. The molecule has 8 heteroatoms. The van der Waals surface area contributed by atoms with Crippen LogP contribution in [-0.2, 0) is 4.74 Å². The maximum atomic E-state index is 12.3. The van der Waals surface area contributed by atoms with Gasteiger partial charge in [0.2, 0.25) is 0 Å². The number of aromatic nitrogens is 3. The van der Waals surface area contributed by atoms with Crippen LogP contribution in [0.15, 0.2) is 67.1 Å². The van der Waals surface area contributed by atoms with Gasteiger partial charge in [0, 0.05) is 55.5 Å². The minimum Gasteiger partial charge on any atom is -0.444 e. The first-order chi connectivity index (χ1) is 17.3. The highest BCUT2D eigenvalue weighted by Gasteiger charge is 2.26. The Hall–Kier alpha value is -4.07. The summed E-state index contributed by atoms with van der Waals surface area (Å²) in [5.41, 5.74) is 5.66. The number of nitrogens with one attached hydrogen (secondary N) is 1. The van der Waals surface area contributed by atoms with E-state index in [0.717, 1.165) is 41.4 Å². The zero-order valence-electron chi connectivity index (χ0n) is 21.2. The van der Waals surface area contributed by atoms with Crippen molar-refractivity contribution in [2.24, 2.45) is 0 Å². The first-order valence-electron chi connectivity index (χ1n) is 12.3. The first-order valence-corrected chi connectivity index (χ1v) is 12.3. The van der Waals surface area contributed by atoms with E-state index in [0.29, 0.717) is 18.9 Å². The molecular weight excluding hydrogens is 452 g/mol. The lowest BCUT2D eigenvalue weighted by Crippen LogP contribution is -2.50. The summed E-state index contributed by atoms with van der Waals surface area (Å²) in [5.74, 6) is 0.704. The topological polar surface area (TPSA) is 75.0 Å². The van der Waals surface area contributed by atoms with Gasteiger partial charge < -0.3 is 19.9 Å². The molecule has 0 bridgehead atoms. The third-order valence-corrected chi connectivity index (χ3v) is 6.17. The van der Waals surface area contributed by atoms with Crippen molar-refractivity contribution >= 4 is 28.9 Å². The van der Waals surface area contributed by atoms with Crippen molar-refractivity contribution in [1.29, 1.82) is 0 Å². The van der Waals surface area contributed by atoms with Crippen molar-refractivity contribution in [3.63, 3.8) is 0 Å². The number of nitrogens with zero attached hydrogens (tertiary/aromatic N) is 5. The monoisotopic (exact) mass is 484 g/mol. The predicted octanol–water partition coefficient (Wildman–Crippen LogP) is 5.51. The second-order valence-electron chi connectivity index (χ2n) is 10.1. The van der Waals surface area contributed by atoms with Crippen LogP contribution in [0, 0.1) is 6.92 Å². The van der Waals surface area contributed by atoms with E-state index in [1.54, 1.807) is 11.1 Å². The molecule has 0 spiro atoms. The fraction of sp³-hybridized carbons (Fsp3) is 0.321. The Bertz CT molecular complexity index is 1370. The number of aryl methyl sites for hydroxylation is 1. The Morgan fingerprint density at radius 1 is 1.00 bits per heavy atom. The molecule has 36 heavy (non-hydrogen) atoms. The van der Waals surface area contributed by atoms with Crippen LogP contribution < -0.4 is 10.2 Å². The Morgan fingerprint density at radius 3 is 2.44 bits per heavy atom. The van der Waals surface area contributed by atoms with Gasteiger partial charge in [-0.25, -0.2) is 14.8 Å². The van der Waals surface area contributed by atoms with Gasteiger partial charge in [0.25, 0.3) is 0 Å². The zero-order valence-corrected chi connectivity index (χ0v) is 21.2. The Kier molecular flexibility index (Phi) is 6.26. The number of fused-ring (bicyclic) bond motifs is 1. The summed E-state index contributed by atoms with van der Waals surface area (Å²) in [7, 11) is 0. The minimum atomic E-state index is -0.477. The highest BCUT2D eigenvalue weighted by atomic mass is 16.6. The summed E-state index contributed by atoms with van der Waals surface area (Å²) < 4.78 is 7.56. The van der Waals surface area contributed by atoms with Crippen LogP contribution in [-0.4, -0.2) is 57.1 Å². The van der Waals surface area contributed by atoms with Gasteiger partial charge in [0.1, 0.15) is 5.60 Å². The summed E-state index contributed by atoms with van der Waals surface area (Å²) in [4.78, 5) is 25.6. The van der Waals surface area contributed by atoms with Crippen molar-refractivity contribution in [2.75, 3.05) is 36.4 Å². The molecule has 0 saturated carbocycles. The number of ether oxygens (including phenoxy) is 1. The van der Waals surface area contributed by atoms with Crippen LogP contribution in [0.4, 0.5) is 22.0 Å². The van der Waals surface area contributed by atoms with Crippen LogP contribution in [0.5, 0.6) is 0 Å². The number of benzene rings is 2. The van der Waals surface area contributed by atoms with Crippen LogP contribution in [0.1, 0.15) is 26.3 Å². The number of hydrogen-bond donors (Lipinski definition) is 1. The molecular formula is C28H32N6O2. The number of carbonyl (C=O) groups excluding carboxylic acids is 1. The third kappa shape index (κ3) is 5.12. The molecule has 186 valence electrons. The Balaban J connectivity index is 1.26. The summed E-state index contributed by atoms with van der Waals surface area (Å²) >= 11 is 0. The molecule has 8 nitrogen and oxygen atoms in total. The molecule has 0 aliphatic carbocycles. The first kappa shape index (κ1) is 23.7. The minimum absolute atomic E-state index is 0.243. The molecule has 0 unspecified atom stereocenters. The standard InChI is InChI=1S/C28H32N6O2/c1-20-6-5-7-21(18-20)24-19-30-25(26-29-12-13-34(24)26)31-22-8-10-23(11-9-22)32-14-16-33(17-15-32)27(35)36-28(2,3)4/h5-13,18-19H,14-17H2,1-4H3,(H,30,31). The molecule has 1 aliphatic rings. The quantitative estimate of drug-likeness (QED) is 0.412. The largest absolute Gasteiger partial charge is 0.444 e. The van der Waals surface area contributed by atoms with Gasteiger partial charge in [-0.15, -0.1) is 0 Å². The van der Waals surface area contributed by atoms with E-state index in [9.17, 15) is 4.79 Å². The number of carbonyl (C=O) groups is 1. The van der Waals surface area contributed by atoms with E-state index in [-0.39, 0.29) is 6.09 Å². The summed E-state index contributed by atoms with van der Waals surface area (Å²) in [6, 6.07) is 16.7. The molecule has 2 aromatic heterocycles. The van der Waals surface area contributed by atoms with Crippen molar-refractivity contribution in [3.8, 4) is 11.3 Å². The average molecular weight is 485 g/mol. The van der Waals surface area contributed by atoms with E-state index >= 15 is 0 Å². The third-order valence-electron chi connectivity index (χ3n) is 6.17. The van der Waals surface area contributed by atoms with Crippen LogP contribution in [0.2, 0.25) is 0 Å². The smallest absolute Gasteiger partial charge is 0.410 e. The van der Waals surface area contributed by atoms with E-state index in [2.05, 4.69) is 67.9 Å². The van der Waals surface area contributed by atoms with Gasteiger partial charge in [0.05, 0.1) is 11.9 Å². The highest BCUT2D eigenvalue weighted by Crippen LogP contribution is 2.27. The number of imidazole rings is 1. The fourth-order valence-electron chi connectivity index (χ4n) is 4.39. The molecule has 0 atom stereocenters. The highest BCUT2D eigenvalue weighted by molar-refractivity contribution is 5.75. The van der Waals surface area contributed by atoms with Crippen LogP contribution in [0.25, 0.3) is 16.9 Å². The molecule has 1 saturated heterocycles. The number of anilines is 3. The van der Waals surface area contributed by atoms with Crippen LogP contribution in [0.3, 0.4) is 0 Å². The Morgan fingerprint density at radius 2 is 1.75 bits per heavy atom. The molecule has 5 rings (SSSR count). The molecule has 3 heterocycles. The maximum Gasteiger partial charge on any atom is 0.410 e. The number of amides is 1. The van der Waals surface area contributed by atoms with Gasteiger partial charge in [-0.05, 0) is 58.0 Å². The van der Waals surface area contributed by atoms with E-state index in [1.165, 1.54) is 5.56 Å². The van der Waals surface area contributed by atoms with Crippen molar-refractivity contribution in [3.05, 3.63) is 72.7 Å². The number of piperazine rings is 1. The van der Waals surface area contributed by atoms with Gasteiger partial charge in [-0.2, -0.15) is 0 Å². The summed E-state index contributed by atoms with van der Waals surface area (Å²) in [5, 5.41) is 3.41. The van der Waals surface area contributed by atoms with E-state index in [1.807, 2.05) is 45.3 Å². The lowest BCUT2D eigenvalue weighted by atomic mass is 10.1. The number of rotatable bonds is 4. The molecule has 1 fully saturated rings. The maximum absolute atomic E-state index is 12.3. The second-order valence-corrected chi connectivity index (χ2v) is 10.1. The molecule has 2 aromatic carbocycles. The van der Waals surface area contributed by atoms with Gasteiger partial charge >= 0.3 is 6.09 Å². The molecule has 1 aliphatic heterocycles. The van der Waals surface area contributed by atoms with Gasteiger partial charge in [-0.3, -0.25) is 4.40 Å². The van der Waals surface area contributed by atoms with E-state index in [4.69, 9.17) is 4.74 Å². The SMILES string of the molecule is Cc1cccc(-c2cnc(Nc3ccc(N4CCN(C(=O)OC(C)(C)C)CC4)cc3)c3nccn23)c1. The molecule has 0 radical (unpaired) electrons. The van der Waals surface area contributed by atoms with Crippen molar-refractivity contribution < 1.29 is 9.53 Å². The van der Waals surface area contributed by atoms with Crippen molar-refractivity contribution in [1.82, 2.24) is 19.3 Å². The second kappa shape index (κ2) is 9.53. The normalized spacial score (nSPS) is 14.2. The zero-order chi connectivity index (χ0) is 25.3. The fourth-order valence-corrected chi connectivity index (χ4v) is 4.39. The Labute approximate surface area is 211 Å². The van der Waals surface area contributed by atoms with Crippen LogP contribution >= 0.6 is 0 Å². The predicted molar refractivity (Wildman–Crippen MR) is 143 cm³/mol. The van der Waals surface area contributed by atoms with Crippen molar-refractivity contribution in [2.45, 2.75) is 33.3 Å². The average Bonchev–Trinajstić information content (AvgIpc) is 3.34. The lowest BCUT2D eigenvalue weighted by Gasteiger charge is -2.36. The summed E-state index contributed by atoms with van der Waals surface area (Å²) in [6.07, 6.45) is 5.39. The van der Waals surface area contributed by atoms with Gasteiger partial charge in [-0.1, -0.05) is 23.8 Å². The molecule has 4 aromatic rings. The lowest BCUT2D eigenvalue weighted by molar-refractivity contribution is 0.0240. The number of hydrogen-bond acceptors (Lipinski definition) is 6. The molecule has 1 amide bonds.